The summed E-state index contributed by atoms with van der Waals surface area (Å²) in [5.41, 5.74) is -0.332. The Morgan fingerprint density at radius 2 is 1.23 bits per heavy atom. The highest BCUT2D eigenvalue weighted by atomic mass is 79.9. The number of nitro benzene ring substituents is 2. The maximum absolute atomic E-state index is 10.9. The number of hydrogen-bond donors (Lipinski definition) is 1. The van der Waals surface area contributed by atoms with Gasteiger partial charge in [-0.15, -0.1) is 0 Å². The number of hydrogen-bond acceptors (Lipinski definition) is 5. The van der Waals surface area contributed by atoms with Crippen LogP contribution in [-0.2, 0) is 0 Å². The van der Waals surface area contributed by atoms with Gasteiger partial charge in [0.25, 0.3) is 20.4 Å². The Morgan fingerprint density at radius 1 is 0.864 bits per heavy atom. The topological polar surface area (TPSA) is 107 Å². The lowest BCUT2D eigenvalue weighted by Crippen LogP contribution is -2.42. The van der Waals surface area contributed by atoms with Crippen LogP contribution in [0.5, 0.6) is 0 Å². The van der Waals surface area contributed by atoms with E-state index in [1.165, 1.54) is 24.3 Å². The summed E-state index contributed by atoms with van der Waals surface area (Å²) in [7, 11) is -2.34. The van der Waals surface area contributed by atoms with Crippen molar-refractivity contribution in [3.63, 3.8) is 0 Å². The first kappa shape index (κ1) is 16.7. The van der Waals surface area contributed by atoms with Crippen LogP contribution in [0.4, 0.5) is 11.4 Å². The average Bonchev–Trinajstić information content (AvgIpc) is 2.47. The molecule has 2 aromatic carbocycles. The normalized spacial score (nSPS) is 10.7. The van der Waals surface area contributed by atoms with Gasteiger partial charge in [0.2, 0.25) is 0 Å². The Labute approximate surface area is 142 Å². The highest BCUT2D eigenvalue weighted by Gasteiger charge is 2.23. The van der Waals surface area contributed by atoms with E-state index in [0.29, 0.717) is 19.3 Å². The van der Waals surface area contributed by atoms with Crippen molar-refractivity contribution in [1.82, 2.24) is 0 Å². The fraction of sp³-hybridized carbons (Fsp3) is 0. The zero-order valence-electron chi connectivity index (χ0n) is 10.7. The Bertz CT molecular complexity index is 708. The van der Waals surface area contributed by atoms with Gasteiger partial charge in [0, 0.05) is 12.1 Å². The zero-order valence-corrected chi connectivity index (χ0v) is 14.9. The van der Waals surface area contributed by atoms with E-state index < -0.39 is 18.9 Å². The van der Waals surface area contributed by atoms with Crippen LogP contribution in [0.3, 0.4) is 0 Å². The summed E-state index contributed by atoms with van der Waals surface area (Å²) in [5.74, 6) is 0. The van der Waals surface area contributed by atoms with E-state index in [4.69, 9.17) is 0 Å². The lowest BCUT2D eigenvalue weighted by Gasteiger charge is -2.09. The second-order valence-electron chi connectivity index (χ2n) is 4.20. The molecule has 2 aromatic rings. The second-order valence-corrected chi connectivity index (χ2v) is 7.76. The van der Waals surface area contributed by atoms with Crippen molar-refractivity contribution in [2.24, 2.45) is 0 Å². The summed E-state index contributed by atoms with van der Waals surface area (Å²) in [5, 5.41) is 22.6. The molecule has 0 aliphatic heterocycles. The minimum atomic E-state index is -2.34. The molecule has 0 aromatic heterocycles. The number of nitrogens with zero attached hydrogens (tertiary/aromatic N) is 2. The van der Waals surface area contributed by atoms with Crippen LogP contribution in [-0.4, -0.2) is 23.7 Å². The van der Waals surface area contributed by atoms with Gasteiger partial charge in [0.05, 0.1) is 18.8 Å². The van der Waals surface area contributed by atoms with E-state index >= 15 is 0 Å². The molecule has 113 valence electrons. The van der Waals surface area contributed by atoms with E-state index in [9.17, 15) is 25.0 Å². The third kappa shape index (κ3) is 3.40. The summed E-state index contributed by atoms with van der Waals surface area (Å²) in [4.78, 5) is 31.1. The minimum Gasteiger partial charge on any atom is -0.424 e. The van der Waals surface area contributed by atoms with Crippen molar-refractivity contribution in [2.45, 2.75) is 0 Å². The van der Waals surface area contributed by atoms with Crippen molar-refractivity contribution < 1.29 is 14.6 Å². The maximum Gasteiger partial charge on any atom is 0.283 e. The van der Waals surface area contributed by atoms with Crippen molar-refractivity contribution >= 4 is 62.6 Å². The second kappa shape index (κ2) is 6.65. The lowest BCUT2D eigenvalue weighted by molar-refractivity contribution is -0.385. The van der Waals surface area contributed by atoms with Crippen LogP contribution in [0.25, 0.3) is 0 Å². The SMILES string of the molecule is O=[N+]([O-])c1cc([Si](O)c2ccc(Br)c([N+](=O)[O-])c2)ccc1Br. The smallest absolute Gasteiger partial charge is 0.283 e. The van der Waals surface area contributed by atoms with Crippen LogP contribution in [0.1, 0.15) is 0 Å². The van der Waals surface area contributed by atoms with Gasteiger partial charge in [-0.25, -0.2) is 0 Å². The maximum atomic E-state index is 10.9. The molecule has 0 amide bonds. The molecule has 0 bridgehead atoms. The molecule has 0 spiro atoms. The molecular weight excluding hydrogens is 440 g/mol. The van der Waals surface area contributed by atoms with E-state index in [2.05, 4.69) is 31.9 Å². The van der Waals surface area contributed by atoms with Crippen molar-refractivity contribution in [3.8, 4) is 0 Å². The van der Waals surface area contributed by atoms with Gasteiger partial charge < -0.3 is 4.80 Å². The number of halogens is 2. The molecule has 0 unspecified atom stereocenters. The number of benzene rings is 2. The molecule has 0 heterocycles. The molecule has 0 saturated heterocycles. The van der Waals surface area contributed by atoms with Gasteiger partial charge in [-0.3, -0.25) is 20.2 Å². The highest BCUT2D eigenvalue weighted by molar-refractivity contribution is 9.11. The summed E-state index contributed by atoms with van der Waals surface area (Å²) in [6, 6.07) is 8.60. The van der Waals surface area contributed by atoms with Crippen LogP contribution in [0, 0.1) is 20.2 Å². The number of rotatable bonds is 4. The highest BCUT2D eigenvalue weighted by Crippen LogP contribution is 2.24. The van der Waals surface area contributed by atoms with Crippen molar-refractivity contribution in [1.29, 1.82) is 0 Å². The van der Waals surface area contributed by atoms with Gasteiger partial charge in [0.15, 0.2) is 0 Å². The van der Waals surface area contributed by atoms with Gasteiger partial charge in [-0.1, -0.05) is 12.1 Å². The summed E-state index contributed by atoms with van der Waals surface area (Å²) < 4.78 is 0.607. The molecular formula is C12H7Br2N2O5Si. The van der Waals surface area contributed by atoms with Crippen LogP contribution >= 0.6 is 31.9 Å². The third-order valence-corrected chi connectivity index (χ3v) is 5.89. The quantitative estimate of drug-likeness (QED) is 0.439. The Hall–Kier alpha value is -1.62. The molecule has 0 aliphatic rings. The first-order valence-electron chi connectivity index (χ1n) is 5.76. The first-order chi connectivity index (χ1) is 10.3. The van der Waals surface area contributed by atoms with E-state index in [-0.39, 0.29) is 11.4 Å². The molecule has 0 saturated carbocycles. The largest absolute Gasteiger partial charge is 0.424 e. The van der Waals surface area contributed by atoms with Crippen LogP contribution in [0.2, 0.25) is 0 Å². The standard InChI is InChI=1S/C12H7Br2N2O5Si/c13-9-3-1-7(5-11(9)15(17)18)22(21)8-2-4-10(14)12(6-8)16(19)20/h1-6,21H. The average molecular weight is 447 g/mol. The molecule has 2 rings (SSSR count). The van der Waals surface area contributed by atoms with Gasteiger partial charge >= 0.3 is 0 Å². The third-order valence-electron chi connectivity index (χ3n) is 2.83. The Morgan fingerprint density at radius 3 is 1.55 bits per heavy atom. The van der Waals surface area contributed by atoms with E-state index in [1.54, 1.807) is 12.1 Å². The zero-order chi connectivity index (χ0) is 16.4. The summed E-state index contributed by atoms with van der Waals surface area (Å²) in [6.45, 7) is 0. The molecule has 0 aliphatic carbocycles. The molecule has 1 radical (unpaired) electrons. The molecule has 0 fully saturated rings. The molecule has 1 N–H and O–H groups in total. The molecule has 7 nitrogen and oxygen atoms in total. The monoisotopic (exact) mass is 445 g/mol. The Balaban J connectivity index is 2.46. The number of nitro groups is 2. The molecule has 22 heavy (non-hydrogen) atoms. The van der Waals surface area contributed by atoms with E-state index in [0.717, 1.165) is 0 Å². The van der Waals surface area contributed by atoms with Gasteiger partial charge in [-0.05, 0) is 54.4 Å². The Kier molecular flexibility index (Phi) is 5.06. The van der Waals surface area contributed by atoms with E-state index in [1.807, 2.05) is 0 Å². The van der Waals surface area contributed by atoms with Crippen LogP contribution < -0.4 is 10.4 Å². The summed E-state index contributed by atoms with van der Waals surface area (Å²) in [6.07, 6.45) is 0. The van der Waals surface area contributed by atoms with Crippen molar-refractivity contribution in [2.75, 3.05) is 0 Å². The van der Waals surface area contributed by atoms with Gasteiger partial charge in [-0.2, -0.15) is 0 Å². The molecule has 10 heteroatoms. The van der Waals surface area contributed by atoms with Crippen LogP contribution in [0.15, 0.2) is 45.3 Å². The summed E-state index contributed by atoms with van der Waals surface area (Å²) >= 11 is 6.14. The minimum absolute atomic E-state index is 0.166. The molecule has 0 atom stereocenters. The predicted octanol–water partition coefficient (Wildman–Crippen LogP) is 2.13. The van der Waals surface area contributed by atoms with Crippen molar-refractivity contribution in [3.05, 3.63) is 65.6 Å². The first-order valence-corrected chi connectivity index (χ1v) is 8.79. The fourth-order valence-corrected chi connectivity index (χ4v) is 3.91. The lowest BCUT2D eigenvalue weighted by atomic mass is 10.3. The fourth-order valence-electron chi connectivity index (χ4n) is 1.77. The van der Waals surface area contributed by atoms with Gasteiger partial charge in [0.1, 0.15) is 0 Å². The predicted molar refractivity (Wildman–Crippen MR) is 88.8 cm³/mol.